The number of fused-ring (bicyclic) bond motifs is 1. The number of likely N-dealkylation sites (tertiary alicyclic amines) is 1. The van der Waals surface area contributed by atoms with Gasteiger partial charge in [0.2, 0.25) is 5.95 Å². The number of anilines is 2. The van der Waals surface area contributed by atoms with Gasteiger partial charge in [0.1, 0.15) is 6.54 Å². The fourth-order valence-corrected chi connectivity index (χ4v) is 5.12. The summed E-state index contributed by atoms with van der Waals surface area (Å²) >= 11 is 12.8. The zero-order valence-electron chi connectivity index (χ0n) is 18.1. The van der Waals surface area contributed by atoms with Crippen molar-refractivity contribution in [2.45, 2.75) is 44.2 Å². The number of hydrogen-bond acceptors (Lipinski definition) is 6. The number of hydrogen-bond donors (Lipinski definition) is 1. The van der Waals surface area contributed by atoms with Gasteiger partial charge in [0.25, 0.3) is 6.43 Å². The third-order valence-corrected chi connectivity index (χ3v) is 7.28. The highest BCUT2D eigenvalue weighted by Crippen LogP contribution is 2.38. The van der Waals surface area contributed by atoms with Crippen LogP contribution in [0.15, 0.2) is 24.5 Å². The van der Waals surface area contributed by atoms with Crippen molar-refractivity contribution in [1.82, 2.24) is 24.6 Å². The Hall–Kier alpha value is -2.07. The molecular weight excluding hydrogens is 473 g/mol. The smallest absolute Gasteiger partial charge is 0.257 e. The van der Waals surface area contributed by atoms with Gasteiger partial charge in [-0.25, -0.2) is 23.4 Å². The van der Waals surface area contributed by atoms with E-state index in [1.165, 1.54) is 6.20 Å². The number of nitrogens with zero attached hydrogens (tertiary/aromatic N) is 5. The molecule has 0 radical (unpaired) electrons. The summed E-state index contributed by atoms with van der Waals surface area (Å²) in [7, 11) is 0. The van der Waals surface area contributed by atoms with Crippen LogP contribution in [0.4, 0.5) is 20.4 Å². The molecule has 2 aliphatic heterocycles. The molecule has 0 bridgehead atoms. The molecule has 0 amide bonds. The average Bonchev–Trinajstić information content (AvgIpc) is 3.10. The van der Waals surface area contributed by atoms with E-state index >= 15 is 0 Å². The molecule has 2 aromatic heterocycles. The molecule has 7 nitrogen and oxygen atoms in total. The zero-order valence-corrected chi connectivity index (χ0v) is 19.6. The molecule has 176 valence electrons. The van der Waals surface area contributed by atoms with Crippen molar-refractivity contribution in [1.29, 1.82) is 0 Å². The van der Waals surface area contributed by atoms with Crippen molar-refractivity contribution < 1.29 is 13.5 Å². The minimum absolute atomic E-state index is 0.0770. The monoisotopic (exact) mass is 496 g/mol. The van der Waals surface area contributed by atoms with Gasteiger partial charge in [-0.15, -0.1) is 0 Å². The number of rotatable bonds is 6. The fourth-order valence-electron chi connectivity index (χ4n) is 4.58. The number of alkyl halides is 2. The molecule has 4 heterocycles. The maximum Gasteiger partial charge on any atom is 0.257 e. The van der Waals surface area contributed by atoms with Crippen LogP contribution in [-0.2, 0) is 11.3 Å². The Kier molecular flexibility index (Phi) is 6.15. The van der Waals surface area contributed by atoms with Crippen LogP contribution in [0.1, 0.15) is 31.2 Å². The summed E-state index contributed by atoms with van der Waals surface area (Å²) in [6.45, 7) is 5.30. The number of nitrogens with one attached hydrogen (secondary N) is 1. The van der Waals surface area contributed by atoms with Gasteiger partial charge in [0, 0.05) is 16.6 Å². The van der Waals surface area contributed by atoms with Crippen molar-refractivity contribution in [3.8, 4) is 0 Å². The lowest BCUT2D eigenvalue weighted by molar-refractivity contribution is -0.136. The molecule has 0 spiro atoms. The van der Waals surface area contributed by atoms with Crippen LogP contribution < -0.4 is 5.32 Å². The molecule has 0 aliphatic carbocycles. The lowest BCUT2D eigenvalue weighted by atomic mass is 9.86. The standard InChI is InChI=1S/C22H24Cl2F2N6O/c1-22(11-33-12-22)31-4-2-13(3-5-31)15-7-17-14(6-16(15)23)8-27-21(29-17)30-18-9-28-32(20(18)24)10-19(25)26/h6-9,13,19H,2-5,10-12H2,1H3,(H,27,29,30). The van der Waals surface area contributed by atoms with Gasteiger partial charge in [-0.2, -0.15) is 5.10 Å². The lowest BCUT2D eigenvalue weighted by Crippen LogP contribution is -2.61. The summed E-state index contributed by atoms with van der Waals surface area (Å²) < 4.78 is 31.8. The minimum Gasteiger partial charge on any atom is -0.377 e. The topological polar surface area (TPSA) is 68.1 Å². The third kappa shape index (κ3) is 4.51. The fraction of sp³-hybridized carbons (Fsp3) is 0.500. The summed E-state index contributed by atoms with van der Waals surface area (Å²) in [5.41, 5.74) is 2.37. The quantitative estimate of drug-likeness (QED) is 0.511. The first-order chi connectivity index (χ1) is 15.8. The minimum atomic E-state index is -2.55. The Labute approximate surface area is 200 Å². The van der Waals surface area contributed by atoms with Crippen molar-refractivity contribution in [3.05, 3.63) is 40.3 Å². The number of halogens is 4. The third-order valence-electron chi connectivity index (χ3n) is 6.56. The Bertz CT molecular complexity index is 1160. The summed E-state index contributed by atoms with van der Waals surface area (Å²) in [6.07, 6.45) is 2.56. The second-order valence-corrected chi connectivity index (χ2v) is 9.69. The molecule has 11 heteroatoms. The van der Waals surface area contributed by atoms with Crippen molar-refractivity contribution >= 4 is 45.7 Å². The molecule has 0 atom stereocenters. The molecule has 0 unspecified atom stereocenters. The first kappa shape index (κ1) is 22.7. The Morgan fingerprint density at radius 1 is 1.21 bits per heavy atom. The maximum atomic E-state index is 12.7. The maximum absolute atomic E-state index is 12.7. The molecule has 1 aromatic carbocycles. The summed E-state index contributed by atoms with van der Waals surface area (Å²) in [6, 6.07) is 3.93. The number of aromatic nitrogens is 4. The van der Waals surface area contributed by atoms with Crippen LogP contribution in [0.2, 0.25) is 10.2 Å². The molecule has 2 fully saturated rings. The van der Waals surface area contributed by atoms with Gasteiger partial charge < -0.3 is 10.1 Å². The Balaban J connectivity index is 1.34. The van der Waals surface area contributed by atoms with Crippen LogP contribution in [0.3, 0.4) is 0 Å². The normalized spacial score (nSPS) is 19.2. The molecule has 0 saturated carbocycles. The van der Waals surface area contributed by atoms with Crippen LogP contribution >= 0.6 is 23.2 Å². The predicted molar refractivity (Wildman–Crippen MR) is 124 cm³/mol. The van der Waals surface area contributed by atoms with Crippen LogP contribution in [-0.4, -0.2) is 62.9 Å². The van der Waals surface area contributed by atoms with Crippen LogP contribution in [0.25, 0.3) is 10.9 Å². The van der Waals surface area contributed by atoms with Crippen LogP contribution in [0.5, 0.6) is 0 Å². The van der Waals surface area contributed by atoms with Gasteiger partial charge in [-0.05, 0) is 56.5 Å². The molecule has 2 saturated heterocycles. The molecule has 33 heavy (non-hydrogen) atoms. The summed E-state index contributed by atoms with van der Waals surface area (Å²) in [5.74, 6) is 0.665. The molecular formula is C22H24Cl2F2N6O. The van der Waals surface area contributed by atoms with E-state index in [4.69, 9.17) is 27.9 Å². The molecule has 2 aliphatic rings. The van der Waals surface area contributed by atoms with Gasteiger partial charge in [-0.3, -0.25) is 4.90 Å². The molecule has 5 rings (SSSR count). The number of ether oxygens (including phenoxy) is 1. The van der Waals surface area contributed by atoms with Crippen LogP contribution in [0, 0.1) is 0 Å². The molecule has 3 aromatic rings. The van der Waals surface area contributed by atoms with Gasteiger partial charge in [0.05, 0.1) is 36.2 Å². The van der Waals surface area contributed by atoms with Gasteiger partial charge in [0.15, 0.2) is 5.15 Å². The van der Waals surface area contributed by atoms with E-state index in [1.54, 1.807) is 6.20 Å². The number of benzene rings is 1. The van der Waals surface area contributed by atoms with Crippen molar-refractivity contribution in [2.24, 2.45) is 0 Å². The second kappa shape index (κ2) is 8.94. The Morgan fingerprint density at radius 2 is 1.97 bits per heavy atom. The van der Waals surface area contributed by atoms with Gasteiger partial charge in [-0.1, -0.05) is 23.2 Å². The van der Waals surface area contributed by atoms with E-state index in [-0.39, 0.29) is 10.7 Å². The van der Waals surface area contributed by atoms with E-state index in [1.807, 2.05) is 12.1 Å². The summed E-state index contributed by atoms with van der Waals surface area (Å²) in [5, 5.41) is 8.49. The van der Waals surface area contributed by atoms with E-state index < -0.39 is 13.0 Å². The summed E-state index contributed by atoms with van der Waals surface area (Å²) in [4.78, 5) is 11.4. The zero-order chi connectivity index (χ0) is 23.2. The van der Waals surface area contributed by atoms with E-state index in [2.05, 4.69) is 32.2 Å². The van der Waals surface area contributed by atoms with Crippen molar-refractivity contribution in [2.75, 3.05) is 31.6 Å². The van der Waals surface area contributed by atoms with E-state index in [9.17, 15) is 8.78 Å². The first-order valence-electron chi connectivity index (χ1n) is 10.9. The largest absolute Gasteiger partial charge is 0.377 e. The Morgan fingerprint density at radius 3 is 2.64 bits per heavy atom. The highest BCUT2D eigenvalue weighted by molar-refractivity contribution is 6.32. The van der Waals surface area contributed by atoms with Gasteiger partial charge >= 0.3 is 0 Å². The highest BCUT2D eigenvalue weighted by Gasteiger charge is 2.41. The SMILES string of the molecule is CC1(N2CCC(c3cc4nc(Nc5cnn(CC(F)F)c5Cl)ncc4cc3Cl)CC2)COC1. The lowest BCUT2D eigenvalue weighted by Gasteiger charge is -2.50. The van der Waals surface area contributed by atoms with E-state index in [0.717, 1.165) is 65.3 Å². The highest BCUT2D eigenvalue weighted by atomic mass is 35.5. The average molecular weight is 497 g/mol. The predicted octanol–water partition coefficient (Wildman–Crippen LogP) is 5.11. The van der Waals surface area contributed by atoms with E-state index in [0.29, 0.717) is 17.6 Å². The van der Waals surface area contributed by atoms with Crippen molar-refractivity contribution in [3.63, 3.8) is 0 Å². The first-order valence-corrected chi connectivity index (χ1v) is 11.6. The second-order valence-electron chi connectivity index (χ2n) is 8.92. The molecule has 1 N–H and O–H groups in total. The number of piperidine rings is 1.